The number of rotatable bonds is 9. The summed E-state index contributed by atoms with van der Waals surface area (Å²) in [5.74, 6) is 0. The first kappa shape index (κ1) is 23.8. The van der Waals surface area contributed by atoms with Crippen molar-refractivity contribution in [3.05, 3.63) is 89.5 Å². The Hall–Kier alpha value is -2.39. The predicted octanol–water partition coefficient (Wildman–Crippen LogP) is 1.68. The van der Waals surface area contributed by atoms with Crippen molar-refractivity contribution in [3.63, 3.8) is 0 Å². The quantitative estimate of drug-likeness (QED) is 0.469. The van der Waals surface area contributed by atoms with E-state index in [1.807, 2.05) is 72.8 Å². The van der Waals surface area contributed by atoms with Crippen molar-refractivity contribution in [2.75, 3.05) is 21.3 Å². The van der Waals surface area contributed by atoms with E-state index in [-0.39, 0.29) is 0 Å². The Kier molecular flexibility index (Phi) is 8.39. The van der Waals surface area contributed by atoms with Crippen molar-refractivity contribution < 1.29 is 27.9 Å². The zero-order valence-electron chi connectivity index (χ0n) is 19.2. The minimum Gasteiger partial charge on any atom is -0.445 e. The van der Waals surface area contributed by atoms with Gasteiger partial charge in [0.2, 0.25) is 0 Å². The molecule has 0 spiro atoms. The number of methoxy groups -OCH3 is 3. The molecule has 0 unspecified atom stereocenters. The molecule has 1 heterocycles. The number of hydrogen-bond acceptors (Lipinski definition) is 6. The summed E-state index contributed by atoms with van der Waals surface area (Å²) in [5, 5.41) is 0. The van der Waals surface area contributed by atoms with E-state index in [0.717, 1.165) is 33.1 Å². The lowest BCUT2D eigenvalue weighted by Gasteiger charge is -2.31. The molecule has 6 nitrogen and oxygen atoms in total. The Balaban J connectivity index is 1.59. The summed E-state index contributed by atoms with van der Waals surface area (Å²) in [4.78, 5) is 0. The molecule has 0 radical (unpaired) electrons. The third-order valence-corrected chi connectivity index (χ3v) is 5.43. The maximum Gasteiger partial charge on any atom is 0.467 e. The molecule has 0 bridgehead atoms. The SMILES string of the molecule is COCc1ccc(B2OB(c3ccc(COC)cc3)OB(c3ccc(COC)cc3)O2)cc1. The number of benzene rings is 3. The normalized spacial score (nSPS) is 14.1. The molecule has 1 saturated heterocycles. The van der Waals surface area contributed by atoms with Gasteiger partial charge < -0.3 is 27.9 Å². The summed E-state index contributed by atoms with van der Waals surface area (Å²) in [7, 11) is 3.31. The molecule has 1 aliphatic rings. The van der Waals surface area contributed by atoms with Gasteiger partial charge in [0.1, 0.15) is 0 Å². The highest BCUT2D eigenvalue weighted by Gasteiger charge is 2.43. The molecule has 9 heteroatoms. The molecule has 1 aliphatic heterocycles. The highest BCUT2D eigenvalue weighted by Crippen LogP contribution is 2.12. The van der Waals surface area contributed by atoms with Gasteiger partial charge in [0.15, 0.2) is 0 Å². The molecule has 3 aromatic carbocycles. The molecule has 0 aliphatic carbocycles. The summed E-state index contributed by atoms with van der Waals surface area (Å²) < 4.78 is 34.4. The number of hydrogen-bond donors (Lipinski definition) is 0. The fourth-order valence-corrected chi connectivity index (χ4v) is 3.72. The van der Waals surface area contributed by atoms with Crippen molar-refractivity contribution in [2.45, 2.75) is 19.8 Å². The van der Waals surface area contributed by atoms with Crippen molar-refractivity contribution in [3.8, 4) is 0 Å². The van der Waals surface area contributed by atoms with Crippen LogP contribution in [0.1, 0.15) is 16.7 Å². The van der Waals surface area contributed by atoms with E-state index >= 15 is 0 Å². The minimum atomic E-state index is -0.581. The second-order valence-electron chi connectivity index (χ2n) is 7.93. The van der Waals surface area contributed by atoms with E-state index in [0.29, 0.717) is 19.8 Å². The zero-order valence-corrected chi connectivity index (χ0v) is 19.2. The first-order chi connectivity index (χ1) is 16.2. The minimum absolute atomic E-state index is 0.558. The van der Waals surface area contributed by atoms with E-state index in [2.05, 4.69) is 0 Å². The lowest BCUT2D eigenvalue weighted by atomic mass is 9.61. The highest BCUT2D eigenvalue weighted by atomic mass is 16.7. The first-order valence-electron chi connectivity index (χ1n) is 10.9. The van der Waals surface area contributed by atoms with Crippen molar-refractivity contribution in [1.29, 1.82) is 0 Å². The van der Waals surface area contributed by atoms with Crippen LogP contribution in [-0.4, -0.2) is 42.7 Å². The standard InChI is InChI=1S/C24H27B3O6/c1-28-16-19-4-10-22(11-5-19)25-31-26(23-12-6-20(7-13-23)17-29-2)33-27(32-25)24-14-8-21(9-15-24)18-30-3/h4-15H,16-18H2,1-3H3. The third kappa shape index (κ3) is 6.15. The lowest BCUT2D eigenvalue weighted by molar-refractivity contribution is 0.185. The van der Waals surface area contributed by atoms with Crippen LogP contribution < -0.4 is 16.4 Å². The molecule has 0 saturated carbocycles. The van der Waals surface area contributed by atoms with Crippen LogP contribution in [0.5, 0.6) is 0 Å². The van der Waals surface area contributed by atoms with E-state index in [1.165, 1.54) is 0 Å². The maximum atomic E-state index is 6.25. The fourth-order valence-electron chi connectivity index (χ4n) is 3.72. The van der Waals surface area contributed by atoms with Crippen LogP contribution >= 0.6 is 0 Å². The Morgan fingerprint density at radius 2 is 0.697 bits per heavy atom. The lowest BCUT2D eigenvalue weighted by Crippen LogP contribution is -2.61. The summed E-state index contributed by atoms with van der Waals surface area (Å²) in [6, 6.07) is 24.1. The average molecular weight is 444 g/mol. The van der Waals surface area contributed by atoms with Gasteiger partial charge in [0.25, 0.3) is 0 Å². The second kappa shape index (κ2) is 11.7. The summed E-state index contributed by atoms with van der Waals surface area (Å²) in [5.41, 5.74) is 6.01. The third-order valence-electron chi connectivity index (χ3n) is 5.43. The Morgan fingerprint density at radius 3 is 0.909 bits per heavy atom. The van der Waals surface area contributed by atoms with Gasteiger partial charge in [0, 0.05) is 21.3 Å². The average Bonchev–Trinajstić information content (AvgIpc) is 2.86. The van der Waals surface area contributed by atoms with E-state index in [4.69, 9.17) is 27.9 Å². The first-order valence-corrected chi connectivity index (χ1v) is 10.9. The van der Waals surface area contributed by atoms with Crippen LogP contribution in [-0.2, 0) is 47.7 Å². The van der Waals surface area contributed by atoms with Crippen molar-refractivity contribution in [2.24, 2.45) is 0 Å². The topological polar surface area (TPSA) is 55.4 Å². The molecule has 1 fully saturated rings. The van der Waals surface area contributed by atoms with Gasteiger partial charge in [-0.15, -0.1) is 0 Å². The second-order valence-corrected chi connectivity index (χ2v) is 7.93. The molecule has 0 atom stereocenters. The molecule has 168 valence electrons. The smallest absolute Gasteiger partial charge is 0.445 e. The summed E-state index contributed by atoms with van der Waals surface area (Å²) >= 11 is 0. The molecular weight excluding hydrogens is 417 g/mol. The van der Waals surface area contributed by atoms with Crippen LogP contribution in [0.4, 0.5) is 0 Å². The summed E-state index contributed by atoms with van der Waals surface area (Å²) in [6.45, 7) is 1.67. The van der Waals surface area contributed by atoms with Crippen LogP contribution in [0, 0.1) is 0 Å². The largest absolute Gasteiger partial charge is 0.467 e. The van der Waals surface area contributed by atoms with Gasteiger partial charge >= 0.3 is 21.4 Å². The molecule has 0 amide bonds. The van der Waals surface area contributed by atoms with Gasteiger partial charge in [-0.1, -0.05) is 72.8 Å². The Bertz CT molecular complexity index is 860. The van der Waals surface area contributed by atoms with Gasteiger partial charge in [-0.25, -0.2) is 0 Å². The van der Waals surface area contributed by atoms with Crippen LogP contribution in [0.25, 0.3) is 0 Å². The fraction of sp³-hybridized carbons (Fsp3) is 0.250. The Labute approximate surface area is 196 Å². The summed E-state index contributed by atoms with van der Waals surface area (Å²) in [6.07, 6.45) is 0. The van der Waals surface area contributed by atoms with Crippen molar-refractivity contribution in [1.82, 2.24) is 0 Å². The molecule has 4 rings (SSSR count). The van der Waals surface area contributed by atoms with E-state index < -0.39 is 21.4 Å². The van der Waals surface area contributed by atoms with Crippen molar-refractivity contribution >= 4 is 37.7 Å². The Morgan fingerprint density at radius 1 is 0.455 bits per heavy atom. The van der Waals surface area contributed by atoms with Gasteiger partial charge in [-0.05, 0) is 33.1 Å². The monoisotopic (exact) mass is 444 g/mol. The molecule has 33 heavy (non-hydrogen) atoms. The van der Waals surface area contributed by atoms with Crippen LogP contribution in [0.2, 0.25) is 0 Å². The molecule has 3 aromatic rings. The maximum absolute atomic E-state index is 6.25. The van der Waals surface area contributed by atoms with Crippen LogP contribution in [0.3, 0.4) is 0 Å². The molecule has 0 aromatic heterocycles. The van der Waals surface area contributed by atoms with Gasteiger partial charge in [-0.3, -0.25) is 0 Å². The van der Waals surface area contributed by atoms with Gasteiger partial charge in [0.05, 0.1) is 19.8 Å². The van der Waals surface area contributed by atoms with Crippen LogP contribution in [0.15, 0.2) is 72.8 Å². The molecule has 0 N–H and O–H groups in total. The van der Waals surface area contributed by atoms with E-state index in [9.17, 15) is 0 Å². The van der Waals surface area contributed by atoms with Gasteiger partial charge in [-0.2, -0.15) is 0 Å². The number of ether oxygens (including phenoxy) is 3. The highest BCUT2D eigenvalue weighted by molar-refractivity contribution is 6.87. The van der Waals surface area contributed by atoms with E-state index in [1.54, 1.807) is 21.3 Å². The predicted molar refractivity (Wildman–Crippen MR) is 131 cm³/mol. The zero-order chi connectivity index (χ0) is 23.0. The molecular formula is C24H27B3O6.